The van der Waals surface area contributed by atoms with Crippen molar-refractivity contribution in [3.63, 3.8) is 0 Å². The molecule has 0 bridgehead atoms. The van der Waals surface area contributed by atoms with Crippen molar-refractivity contribution >= 4 is 85.6 Å². The van der Waals surface area contributed by atoms with Crippen LogP contribution in [0.4, 0.5) is 11.4 Å². The van der Waals surface area contributed by atoms with Gasteiger partial charge >= 0.3 is 0 Å². The Morgan fingerprint density at radius 3 is 1.24 bits per heavy atom. The van der Waals surface area contributed by atoms with Crippen molar-refractivity contribution in [2.45, 2.75) is 182 Å². The molecule has 2 aliphatic heterocycles. The lowest BCUT2D eigenvalue weighted by Gasteiger charge is -2.27. The second-order valence-corrected chi connectivity index (χ2v) is 20.9. The minimum absolute atomic E-state index is 0.0807. The van der Waals surface area contributed by atoms with Crippen molar-refractivity contribution < 1.29 is 9.59 Å². The highest BCUT2D eigenvalue weighted by atomic mass is 79.9. The highest BCUT2D eigenvalue weighted by Crippen LogP contribution is 2.36. The first-order chi connectivity index (χ1) is 28.3. The smallest absolute Gasteiger partial charge is 0.260 e. The number of thiophene rings is 2. The fourth-order valence-electron chi connectivity index (χ4n) is 9.23. The Bertz CT molecular complexity index is 1730. The summed E-state index contributed by atoms with van der Waals surface area (Å²) in [7, 11) is 6.33. The molecular weight excluding hydrogens is 815 g/mol. The molecule has 58 heavy (non-hydrogen) atoms. The molecule has 2 unspecified atom stereocenters. The quantitative estimate of drug-likeness (QED) is 0.0494. The van der Waals surface area contributed by atoms with Crippen LogP contribution in [-0.4, -0.2) is 32.8 Å². The van der Waals surface area contributed by atoms with Crippen LogP contribution in [0.3, 0.4) is 0 Å². The van der Waals surface area contributed by atoms with Crippen LogP contribution in [0, 0.1) is 11.8 Å². The maximum atomic E-state index is 14.9. The van der Waals surface area contributed by atoms with E-state index in [1.807, 2.05) is 12.1 Å². The number of halogens is 1. The predicted octanol–water partition coefficient (Wildman–Crippen LogP) is 13.1. The first-order valence-electron chi connectivity index (χ1n) is 23.5. The molecule has 4 nitrogen and oxygen atoms in total. The first-order valence-corrected chi connectivity index (χ1v) is 25.9. The second kappa shape index (κ2) is 24.9. The molecule has 0 spiro atoms. The van der Waals surface area contributed by atoms with Gasteiger partial charge in [0.25, 0.3) is 11.8 Å². The maximum Gasteiger partial charge on any atom is 0.260 e. The molecule has 2 radical (unpaired) electrons. The number of fused-ring (bicyclic) bond motifs is 2. The third-order valence-corrected chi connectivity index (χ3v) is 15.2. The predicted molar refractivity (Wildman–Crippen MR) is 258 cm³/mol. The fraction of sp³-hybridized carbons (Fsp3) is 0.640. The summed E-state index contributed by atoms with van der Waals surface area (Å²) < 4.78 is 1.73. The Balaban J connectivity index is 1.54. The van der Waals surface area contributed by atoms with Crippen molar-refractivity contribution in [3.8, 4) is 0 Å². The van der Waals surface area contributed by atoms with Gasteiger partial charge < -0.3 is 9.80 Å². The van der Waals surface area contributed by atoms with E-state index in [9.17, 15) is 9.59 Å². The standard InChI is InChI=1S/C50H72BBrN2O2S2/c1-5-9-13-17-19-23-27-37(25-21-15-11-7-3)35-53-41-34-40-42(33-39(41)47(49(53)55)43-29-31-45(51)57-43)54(50(56)48(40)44-30-32-46(52)58-44)36-38(26-22-16-12-8-4)28-24-20-18-14-10-6-2/h29-34,37-38H,5-28,35-36H2,1-4H3. The minimum Gasteiger partial charge on any atom is -0.307 e. The molecule has 316 valence electrons. The van der Waals surface area contributed by atoms with E-state index in [-0.39, 0.29) is 11.8 Å². The summed E-state index contributed by atoms with van der Waals surface area (Å²) in [5, 5.41) is 1.93. The molecule has 0 aliphatic carbocycles. The van der Waals surface area contributed by atoms with Crippen molar-refractivity contribution in [1.29, 1.82) is 0 Å². The molecule has 0 fully saturated rings. The van der Waals surface area contributed by atoms with E-state index in [1.165, 1.54) is 140 Å². The molecule has 0 saturated heterocycles. The van der Waals surface area contributed by atoms with Crippen LogP contribution in [0.15, 0.2) is 40.2 Å². The number of carbonyl (C=O) groups excluding carboxylic acids is 2. The zero-order valence-electron chi connectivity index (χ0n) is 36.5. The Kier molecular flexibility index (Phi) is 20.2. The van der Waals surface area contributed by atoms with Gasteiger partial charge in [-0.05, 0) is 88.6 Å². The first kappa shape index (κ1) is 46.9. The van der Waals surface area contributed by atoms with Gasteiger partial charge in [-0.1, -0.05) is 162 Å². The highest BCUT2D eigenvalue weighted by Gasteiger charge is 2.37. The topological polar surface area (TPSA) is 40.6 Å². The Morgan fingerprint density at radius 2 is 0.879 bits per heavy atom. The normalized spacial score (nSPS) is 14.9. The number of hydrogen-bond donors (Lipinski definition) is 0. The Morgan fingerprint density at radius 1 is 0.517 bits per heavy atom. The number of nitrogens with zero attached hydrogens (tertiary/aromatic N) is 2. The van der Waals surface area contributed by atoms with E-state index in [1.54, 1.807) is 11.3 Å². The number of hydrogen-bond acceptors (Lipinski definition) is 4. The number of unbranched alkanes of at least 4 members (excludes halogenated alkanes) is 16. The third kappa shape index (κ3) is 12.9. The van der Waals surface area contributed by atoms with Gasteiger partial charge in [0, 0.05) is 33.3 Å². The number of anilines is 2. The van der Waals surface area contributed by atoms with Gasteiger partial charge in [-0.15, -0.1) is 11.3 Å². The van der Waals surface area contributed by atoms with E-state index in [4.69, 9.17) is 7.85 Å². The van der Waals surface area contributed by atoms with Crippen molar-refractivity contribution in [3.05, 3.63) is 60.4 Å². The van der Waals surface area contributed by atoms with E-state index in [2.05, 4.69) is 77.7 Å². The number of benzene rings is 1. The molecule has 2 amide bonds. The van der Waals surface area contributed by atoms with Crippen LogP contribution in [-0.2, 0) is 9.59 Å². The van der Waals surface area contributed by atoms with Crippen LogP contribution >= 0.6 is 38.6 Å². The average Bonchev–Trinajstić information content (AvgIpc) is 3.97. The third-order valence-electron chi connectivity index (χ3n) is 12.6. The molecule has 1 aromatic carbocycles. The van der Waals surface area contributed by atoms with Gasteiger partial charge in [-0.3, -0.25) is 9.59 Å². The van der Waals surface area contributed by atoms with Crippen LogP contribution in [0.2, 0.25) is 0 Å². The van der Waals surface area contributed by atoms with Crippen molar-refractivity contribution in [1.82, 2.24) is 0 Å². The summed E-state index contributed by atoms with van der Waals surface area (Å²) in [6, 6.07) is 12.5. The Labute approximate surface area is 369 Å². The molecular formula is C50H72BBrN2O2S2. The summed E-state index contributed by atoms with van der Waals surface area (Å²) in [4.78, 5) is 35.9. The zero-order chi connectivity index (χ0) is 41.3. The van der Waals surface area contributed by atoms with E-state index < -0.39 is 0 Å². The lowest BCUT2D eigenvalue weighted by Crippen LogP contribution is -2.35. The van der Waals surface area contributed by atoms with Gasteiger partial charge in [0.15, 0.2) is 0 Å². The van der Waals surface area contributed by atoms with Crippen LogP contribution in [0.25, 0.3) is 11.1 Å². The van der Waals surface area contributed by atoms with Gasteiger partial charge in [-0.25, -0.2) is 0 Å². The minimum atomic E-state index is 0.0807. The van der Waals surface area contributed by atoms with Crippen molar-refractivity contribution in [2.24, 2.45) is 11.8 Å². The van der Waals surface area contributed by atoms with E-state index >= 15 is 0 Å². The van der Waals surface area contributed by atoms with E-state index in [0.717, 1.165) is 78.7 Å². The van der Waals surface area contributed by atoms with Gasteiger partial charge in [-0.2, -0.15) is 11.3 Å². The molecule has 5 rings (SSSR count). The largest absolute Gasteiger partial charge is 0.307 e. The fourth-order valence-corrected chi connectivity index (χ4v) is 11.5. The van der Waals surface area contributed by atoms with Gasteiger partial charge in [0.1, 0.15) is 7.85 Å². The number of amides is 2. The molecule has 2 aromatic heterocycles. The molecule has 4 heterocycles. The Hall–Kier alpha value is -2.16. The summed E-state index contributed by atoms with van der Waals surface area (Å²) in [5.41, 5.74) is 3.44. The monoisotopic (exact) mass is 886 g/mol. The average molecular weight is 888 g/mol. The number of rotatable bonds is 30. The van der Waals surface area contributed by atoms with Crippen LogP contribution < -0.4 is 25.0 Å². The van der Waals surface area contributed by atoms with Crippen molar-refractivity contribution in [2.75, 3.05) is 22.9 Å². The molecule has 2 atom stereocenters. The number of carbonyl (C=O) groups is 2. The van der Waals surface area contributed by atoms with Gasteiger partial charge in [0.05, 0.1) is 26.3 Å². The zero-order valence-corrected chi connectivity index (χ0v) is 39.7. The molecule has 2 aliphatic rings. The molecule has 0 N–H and O–H groups in total. The summed E-state index contributed by atoms with van der Waals surface area (Å²) in [5.74, 6) is 1.06. The van der Waals surface area contributed by atoms with Crippen LogP contribution in [0.5, 0.6) is 0 Å². The maximum absolute atomic E-state index is 14.9. The summed E-state index contributed by atoms with van der Waals surface area (Å²) in [6.45, 7) is 10.5. The van der Waals surface area contributed by atoms with Crippen LogP contribution in [0.1, 0.15) is 192 Å². The molecule has 3 aromatic rings. The lowest BCUT2D eigenvalue weighted by molar-refractivity contribution is -0.114. The highest BCUT2D eigenvalue weighted by molar-refractivity contribution is 9.11. The molecule has 8 heteroatoms. The summed E-state index contributed by atoms with van der Waals surface area (Å²) >= 11 is 6.82. The van der Waals surface area contributed by atoms with E-state index in [0.29, 0.717) is 23.2 Å². The second-order valence-electron chi connectivity index (χ2n) is 17.3. The summed E-state index contributed by atoms with van der Waals surface area (Å²) in [6.07, 6.45) is 29.8. The molecule has 0 saturated carbocycles. The SMILES string of the molecule is [B]c1ccc(C2=c3cc4c(cc3N(CC(CCCCCC)CCCCCCCC)C2=O)=C(c2ccc(Br)s2)C(=O)N4CC(CCCCCC)CCCCCCCC)s1. The van der Waals surface area contributed by atoms with Gasteiger partial charge in [0.2, 0.25) is 0 Å². The lowest BCUT2D eigenvalue weighted by atomic mass is 9.93.